The number of aromatic nitrogens is 2. The van der Waals surface area contributed by atoms with Gasteiger partial charge in [0.05, 0.1) is 22.2 Å². The number of carbonyl (C=O) groups is 1. The van der Waals surface area contributed by atoms with Crippen LogP contribution in [0.15, 0.2) is 24.3 Å². The number of nitrogens with zero attached hydrogens (tertiary/aromatic N) is 3. The van der Waals surface area contributed by atoms with Gasteiger partial charge in [-0.15, -0.1) is 0 Å². The summed E-state index contributed by atoms with van der Waals surface area (Å²) in [6, 6.07) is 4.15. The molecule has 1 N–H and O–H groups in total. The molecule has 0 atom stereocenters. The molecule has 0 bridgehead atoms. The summed E-state index contributed by atoms with van der Waals surface area (Å²) in [4.78, 5) is 25.0. The summed E-state index contributed by atoms with van der Waals surface area (Å²) >= 11 is 12.1. The number of hydrogen-bond acceptors (Lipinski definition) is 4. The maximum Gasteiger partial charge on any atom is 0.328 e. The molecule has 0 amide bonds. The van der Waals surface area contributed by atoms with Crippen LogP contribution in [-0.2, 0) is 11.3 Å². The van der Waals surface area contributed by atoms with E-state index < -0.39 is 10.9 Å². The predicted octanol–water partition coefficient (Wildman–Crippen LogP) is 3.55. The van der Waals surface area contributed by atoms with Crippen LogP contribution in [0.5, 0.6) is 0 Å². The molecule has 1 aromatic carbocycles. The van der Waals surface area contributed by atoms with Gasteiger partial charge in [0.1, 0.15) is 5.82 Å². The van der Waals surface area contributed by atoms with Crippen LogP contribution in [-0.4, -0.2) is 25.6 Å². The van der Waals surface area contributed by atoms with Crippen molar-refractivity contribution in [1.29, 1.82) is 0 Å². The van der Waals surface area contributed by atoms with E-state index in [1.54, 1.807) is 17.6 Å². The minimum Gasteiger partial charge on any atom is -0.478 e. The van der Waals surface area contributed by atoms with Crippen molar-refractivity contribution in [2.75, 3.05) is 0 Å². The van der Waals surface area contributed by atoms with Crippen LogP contribution in [0.3, 0.4) is 0 Å². The summed E-state index contributed by atoms with van der Waals surface area (Å²) in [5, 5.41) is 19.9. The largest absolute Gasteiger partial charge is 0.478 e. The smallest absolute Gasteiger partial charge is 0.328 e. The quantitative estimate of drug-likeness (QED) is 0.502. The summed E-state index contributed by atoms with van der Waals surface area (Å²) in [6.07, 6.45) is 2.29. The first-order valence-corrected chi connectivity index (χ1v) is 7.11. The number of benzene rings is 1. The Morgan fingerprint density at radius 2 is 2.17 bits per heavy atom. The van der Waals surface area contributed by atoms with Crippen molar-refractivity contribution in [3.05, 3.63) is 61.6 Å². The number of aryl methyl sites for hydroxylation is 1. The number of hydrogen-bond donors (Lipinski definition) is 1. The number of carboxylic acids is 1. The zero-order valence-electron chi connectivity index (χ0n) is 11.9. The summed E-state index contributed by atoms with van der Waals surface area (Å²) in [7, 11) is 0. The summed E-state index contributed by atoms with van der Waals surface area (Å²) in [6.45, 7) is 1.96. The van der Waals surface area contributed by atoms with Gasteiger partial charge in [0.15, 0.2) is 5.15 Å². The lowest BCUT2D eigenvalue weighted by molar-refractivity contribution is -0.384. The molecular formula is C14H11Cl2N3O4. The number of carboxylic acid groups (broad SMARTS) is 1. The Bertz CT molecular complexity index is 815. The van der Waals surface area contributed by atoms with Crippen LogP contribution in [0, 0.1) is 17.0 Å². The Kier molecular flexibility index (Phi) is 5.02. The molecule has 120 valence electrons. The highest BCUT2D eigenvalue weighted by molar-refractivity contribution is 6.31. The lowest BCUT2D eigenvalue weighted by Gasteiger charge is -2.10. The van der Waals surface area contributed by atoms with Crippen molar-refractivity contribution < 1.29 is 14.8 Å². The van der Waals surface area contributed by atoms with Crippen LogP contribution in [0.4, 0.5) is 5.69 Å². The van der Waals surface area contributed by atoms with E-state index in [1.807, 2.05) is 0 Å². The third kappa shape index (κ3) is 3.88. The fraction of sp³-hybridized carbons (Fsp3) is 0.143. The van der Waals surface area contributed by atoms with E-state index in [-0.39, 0.29) is 22.4 Å². The van der Waals surface area contributed by atoms with E-state index in [0.717, 1.165) is 6.08 Å². The molecule has 23 heavy (non-hydrogen) atoms. The zero-order valence-corrected chi connectivity index (χ0v) is 13.4. The van der Waals surface area contributed by atoms with Gasteiger partial charge >= 0.3 is 5.97 Å². The average Bonchev–Trinajstić information content (AvgIpc) is 2.72. The van der Waals surface area contributed by atoms with Gasteiger partial charge in [0, 0.05) is 18.2 Å². The Labute approximate surface area is 140 Å². The van der Waals surface area contributed by atoms with Gasteiger partial charge in [0.25, 0.3) is 5.69 Å². The zero-order chi connectivity index (χ0) is 17.1. The predicted molar refractivity (Wildman–Crippen MR) is 85.9 cm³/mol. The Morgan fingerprint density at radius 3 is 2.74 bits per heavy atom. The highest BCUT2D eigenvalue weighted by atomic mass is 35.5. The molecule has 0 aliphatic heterocycles. The van der Waals surface area contributed by atoms with Crippen molar-refractivity contribution in [2.24, 2.45) is 0 Å². The van der Waals surface area contributed by atoms with Gasteiger partial charge in [-0.25, -0.2) is 9.78 Å². The van der Waals surface area contributed by atoms with Crippen LogP contribution >= 0.6 is 23.2 Å². The van der Waals surface area contributed by atoms with E-state index in [9.17, 15) is 14.9 Å². The van der Waals surface area contributed by atoms with Crippen LogP contribution in [0.1, 0.15) is 17.1 Å². The highest BCUT2D eigenvalue weighted by Gasteiger charge is 2.15. The van der Waals surface area contributed by atoms with Crippen LogP contribution < -0.4 is 0 Å². The molecule has 2 rings (SSSR count). The molecule has 0 saturated carbocycles. The third-order valence-electron chi connectivity index (χ3n) is 3.11. The fourth-order valence-corrected chi connectivity index (χ4v) is 2.52. The fourth-order valence-electron chi connectivity index (χ4n) is 2.00. The third-order valence-corrected chi connectivity index (χ3v) is 3.74. The molecule has 1 heterocycles. The second kappa shape index (κ2) is 6.80. The molecule has 0 unspecified atom stereocenters. The van der Waals surface area contributed by atoms with Crippen molar-refractivity contribution in [1.82, 2.24) is 9.55 Å². The molecule has 9 heteroatoms. The van der Waals surface area contributed by atoms with E-state index in [4.69, 9.17) is 28.3 Å². The lowest BCUT2D eigenvalue weighted by Crippen LogP contribution is -2.05. The first kappa shape index (κ1) is 17.0. The molecule has 7 nitrogen and oxygen atoms in total. The first-order valence-electron chi connectivity index (χ1n) is 6.36. The van der Waals surface area contributed by atoms with Gasteiger partial charge in [-0.3, -0.25) is 10.1 Å². The van der Waals surface area contributed by atoms with E-state index in [2.05, 4.69) is 4.98 Å². The normalized spacial score (nSPS) is 11.1. The number of nitro groups is 1. The van der Waals surface area contributed by atoms with Crippen molar-refractivity contribution in [3.8, 4) is 0 Å². The van der Waals surface area contributed by atoms with Crippen LogP contribution in [0.25, 0.3) is 6.08 Å². The Balaban J connectivity index is 2.41. The number of halogens is 2. The highest BCUT2D eigenvalue weighted by Crippen LogP contribution is 2.26. The molecule has 0 spiro atoms. The molecule has 0 aliphatic carbocycles. The van der Waals surface area contributed by atoms with Crippen molar-refractivity contribution >= 4 is 40.9 Å². The van der Waals surface area contributed by atoms with Gasteiger partial charge in [0.2, 0.25) is 0 Å². The molecule has 0 aliphatic rings. The standard InChI is InChI=1S/C14H11Cl2N3O4/c1-8-17-14(16)12(4-5-13(20)21)18(8)7-9-2-3-10(19(22)23)6-11(9)15/h2-6H,7H2,1H3,(H,20,21). The van der Waals surface area contributed by atoms with Crippen LogP contribution in [0.2, 0.25) is 10.2 Å². The Hall–Kier alpha value is -2.38. The molecule has 0 fully saturated rings. The van der Waals surface area contributed by atoms with Crippen molar-refractivity contribution in [2.45, 2.75) is 13.5 Å². The maximum atomic E-state index is 10.7. The monoisotopic (exact) mass is 355 g/mol. The number of nitro benzene ring substituents is 1. The number of imidazole rings is 1. The summed E-state index contributed by atoms with van der Waals surface area (Å²) in [5.41, 5.74) is 0.936. The molecular weight excluding hydrogens is 345 g/mol. The SMILES string of the molecule is Cc1nc(Cl)c(C=CC(=O)O)n1Cc1ccc([N+](=O)[O-])cc1Cl. The van der Waals surface area contributed by atoms with E-state index >= 15 is 0 Å². The summed E-state index contributed by atoms with van der Waals surface area (Å²) in [5.74, 6) is -0.547. The van der Waals surface area contributed by atoms with Gasteiger partial charge in [-0.1, -0.05) is 23.2 Å². The molecule has 2 aromatic rings. The van der Waals surface area contributed by atoms with Gasteiger partial charge in [-0.2, -0.15) is 0 Å². The topological polar surface area (TPSA) is 98.3 Å². The number of rotatable bonds is 5. The minimum atomic E-state index is -1.11. The molecule has 1 aromatic heterocycles. The second-order valence-electron chi connectivity index (χ2n) is 4.63. The molecule has 0 radical (unpaired) electrons. The first-order chi connectivity index (χ1) is 10.8. The van der Waals surface area contributed by atoms with E-state index in [0.29, 0.717) is 17.1 Å². The summed E-state index contributed by atoms with van der Waals surface area (Å²) < 4.78 is 1.68. The van der Waals surface area contributed by atoms with Crippen molar-refractivity contribution in [3.63, 3.8) is 0 Å². The minimum absolute atomic E-state index is 0.106. The average molecular weight is 356 g/mol. The molecule has 0 saturated heterocycles. The number of non-ortho nitro benzene ring substituents is 1. The number of aliphatic carboxylic acids is 1. The van der Waals surface area contributed by atoms with Gasteiger partial charge in [-0.05, 0) is 24.6 Å². The van der Waals surface area contributed by atoms with Gasteiger partial charge < -0.3 is 9.67 Å². The lowest BCUT2D eigenvalue weighted by atomic mass is 10.2. The second-order valence-corrected chi connectivity index (χ2v) is 5.39. The van der Waals surface area contributed by atoms with E-state index in [1.165, 1.54) is 18.2 Å². The Morgan fingerprint density at radius 1 is 1.48 bits per heavy atom. The maximum absolute atomic E-state index is 10.7.